The smallest absolute Gasteiger partial charge is 0.377 e. The number of halogens is 6. The molecule has 28 heavy (non-hydrogen) atoms. The highest BCUT2D eigenvalue weighted by Crippen LogP contribution is 2.59. The molecule has 0 unspecified atom stereocenters. The van der Waals surface area contributed by atoms with Gasteiger partial charge in [-0.1, -0.05) is 58.4 Å². The summed E-state index contributed by atoms with van der Waals surface area (Å²) in [6.07, 6.45) is -5.71. The predicted octanol–water partition coefficient (Wildman–Crippen LogP) is 6.10. The molecule has 1 heterocycles. The third-order valence-corrected chi connectivity index (χ3v) is 5.43. The van der Waals surface area contributed by atoms with E-state index in [1.807, 2.05) is 30.3 Å². The molecule has 0 radical (unpaired) electrons. The molecule has 8 heteroatoms. The lowest BCUT2D eigenvalue weighted by atomic mass is 9.70. The Labute approximate surface area is 167 Å². The van der Waals surface area contributed by atoms with Gasteiger partial charge in [0.2, 0.25) is 0 Å². The third kappa shape index (κ3) is 3.82. The van der Waals surface area contributed by atoms with E-state index in [9.17, 15) is 22.0 Å². The Balaban J connectivity index is 1.77. The molecule has 1 fully saturated rings. The molecule has 0 aliphatic carbocycles. The van der Waals surface area contributed by atoms with Crippen LogP contribution in [0.15, 0.2) is 59.1 Å². The first kappa shape index (κ1) is 21.2. The fourth-order valence-corrected chi connectivity index (χ4v) is 3.66. The molecule has 0 saturated carbocycles. The quantitative estimate of drug-likeness (QED) is 0.364. The van der Waals surface area contributed by atoms with Crippen LogP contribution in [0, 0.1) is 5.92 Å². The van der Waals surface area contributed by atoms with Crippen LogP contribution in [0.1, 0.15) is 17.5 Å². The van der Waals surface area contributed by atoms with Gasteiger partial charge in [-0.15, -0.1) is 0 Å². The SMILES string of the molecule is FC(F)(F)C(F)(F)[C@]1(c2ccc(Br)cc2)OC[C@H]1CCOCc1ccccc1. The average Bonchev–Trinajstić information content (AvgIpc) is 2.62. The monoisotopic (exact) mass is 464 g/mol. The lowest BCUT2D eigenvalue weighted by Crippen LogP contribution is -2.67. The zero-order valence-electron chi connectivity index (χ0n) is 14.7. The zero-order valence-corrected chi connectivity index (χ0v) is 16.3. The molecule has 1 saturated heterocycles. The second kappa shape index (κ2) is 8.08. The normalized spacial score (nSPS) is 22.7. The van der Waals surface area contributed by atoms with Gasteiger partial charge in [0.25, 0.3) is 0 Å². The fraction of sp³-hybridized carbons (Fsp3) is 0.400. The van der Waals surface area contributed by atoms with Crippen molar-refractivity contribution in [1.29, 1.82) is 0 Å². The molecule has 0 amide bonds. The summed E-state index contributed by atoms with van der Waals surface area (Å²) >= 11 is 3.16. The van der Waals surface area contributed by atoms with Crippen molar-refractivity contribution in [3.05, 3.63) is 70.2 Å². The topological polar surface area (TPSA) is 18.5 Å². The van der Waals surface area contributed by atoms with Gasteiger partial charge in [-0.2, -0.15) is 22.0 Å². The fourth-order valence-electron chi connectivity index (χ4n) is 3.40. The lowest BCUT2D eigenvalue weighted by Gasteiger charge is -2.53. The van der Waals surface area contributed by atoms with Gasteiger partial charge >= 0.3 is 12.1 Å². The number of benzene rings is 2. The summed E-state index contributed by atoms with van der Waals surface area (Å²) in [4.78, 5) is 0. The summed E-state index contributed by atoms with van der Waals surface area (Å²) < 4.78 is 79.8. The van der Waals surface area contributed by atoms with E-state index in [4.69, 9.17) is 9.47 Å². The van der Waals surface area contributed by atoms with Crippen LogP contribution in [0.5, 0.6) is 0 Å². The molecule has 2 aromatic carbocycles. The van der Waals surface area contributed by atoms with E-state index < -0.39 is 23.6 Å². The van der Waals surface area contributed by atoms with Crippen molar-refractivity contribution in [2.75, 3.05) is 13.2 Å². The molecular formula is C20H18BrF5O2. The molecule has 2 nitrogen and oxygen atoms in total. The third-order valence-electron chi connectivity index (χ3n) is 4.90. The van der Waals surface area contributed by atoms with Crippen LogP contribution in [-0.2, 0) is 21.7 Å². The maximum atomic E-state index is 14.5. The summed E-state index contributed by atoms with van der Waals surface area (Å²) in [5.74, 6) is -6.06. The molecule has 2 aromatic rings. The maximum Gasteiger partial charge on any atom is 0.456 e. The largest absolute Gasteiger partial charge is 0.456 e. The Kier molecular flexibility index (Phi) is 6.12. The number of rotatable bonds is 7. The lowest BCUT2D eigenvalue weighted by molar-refractivity contribution is -0.404. The van der Waals surface area contributed by atoms with Crippen molar-refractivity contribution in [3.63, 3.8) is 0 Å². The predicted molar refractivity (Wildman–Crippen MR) is 97.0 cm³/mol. The van der Waals surface area contributed by atoms with E-state index in [2.05, 4.69) is 15.9 Å². The second-order valence-corrected chi connectivity index (χ2v) is 7.57. The zero-order chi connectivity index (χ0) is 20.4. The van der Waals surface area contributed by atoms with Crippen LogP contribution in [-0.4, -0.2) is 25.3 Å². The van der Waals surface area contributed by atoms with Crippen LogP contribution in [0.2, 0.25) is 0 Å². The van der Waals surface area contributed by atoms with Crippen molar-refractivity contribution in [2.45, 2.75) is 30.7 Å². The molecule has 0 N–H and O–H groups in total. The molecule has 3 rings (SSSR count). The highest BCUT2D eigenvalue weighted by molar-refractivity contribution is 9.10. The highest BCUT2D eigenvalue weighted by Gasteiger charge is 2.76. The van der Waals surface area contributed by atoms with Gasteiger partial charge in [0, 0.05) is 17.0 Å². The first-order valence-electron chi connectivity index (χ1n) is 8.64. The second-order valence-electron chi connectivity index (χ2n) is 6.65. The maximum absolute atomic E-state index is 14.5. The van der Waals surface area contributed by atoms with Gasteiger partial charge in [0.1, 0.15) is 0 Å². The Morgan fingerprint density at radius 2 is 1.64 bits per heavy atom. The Hall–Kier alpha value is -1.51. The van der Waals surface area contributed by atoms with Gasteiger partial charge < -0.3 is 9.47 Å². The Bertz CT molecular complexity index is 779. The molecule has 0 spiro atoms. The van der Waals surface area contributed by atoms with E-state index in [0.29, 0.717) is 4.47 Å². The molecule has 1 aliphatic heterocycles. The highest BCUT2D eigenvalue weighted by atomic mass is 79.9. The molecular weight excluding hydrogens is 447 g/mol. The standard InChI is InChI=1S/C20H18BrF5O2/c21-17-8-6-15(7-9-17)18(19(22,23)20(24,25)26)16(13-28-18)10-11-27-12-14-4-2-1-3-5-14/h1-9,16H,10-13H2/t16-,18-/m1/s1. The minimum absolute atomic E-state index is 0.0224. The molecule has 2 atom stereocenters. The molecule has 1 aliphatic rings. The van der Waals surface area contributed by atoms with Gasteiger partial charge in [-0.3, -0.25) is 0 Å². The van der Waals surface area contributed by atoms with E-state index in [1.54, 1.807) is 0 Å². The van der Waals surface area contributed by atoms with Crippen LogP contribution in [0.4, 0.5) is 22.0 Å². The minimum Gasteiger partial charge on any atom is -0.377 e. The molecule has 0 aromatic heterocycles. The van der Waals surface area contributed by atoms with Crippen molar-refractivity contribution in [3.8, 4) is 0 Å². The Morgan fingerprint density at radius 3 is 2.18 bits per heavy atom. The first-order chi connectivity index (χ1) is 13.2. The van der Waals surface area contributed by atoms with E-state index >= 15 is 0 Å². The summed E-state index contributed by atoms with van der Waals surface area (Å²) in [7, 11) is 0. The summed E-state index contributed by atoms with van der Waals surface area (Å²) in [5, 5.41) is 0. The minimum atomic E-state index is -5.73. The summed E-state index contributed by atoms with van der Waals surface area (Å²) in [6.45, 7) is 0.126. The van der Waals surface area contributed by atoms with E-state index in [-0.39, 0.29) is 31.8 Å². The first-order valence-corrected chi connectivity index (χ1v) is 9.44. The van der Waals surface area contributed by atoms with Gasteiger partial charge in [-0.25, -0.2) is 0 Å². The van der Waals surface area contributed by atoms with Crippen LogP contribution in [0.25, 0.3) is 0 Å². The number of alkyl halides is 5. The van der Waals surface area contributed by atoms with Crippen molar-refractivity contribution in [1.82, 2.24) is 0 Å². The van der Waals surface area contributed by atoms with Gasteiger partial charge in [0.05, 0.1) is 13.2 Å². The van der Waals surface area contributed by atoms with Gasteiger partial charge in [0.15, 0.2) is 5.60 Å². The summed E-state index contributed by atoms with van der Waals surface area (Å²) in [6, 6.07) is 14.5. The van der Waals surface area contributed by atoms with Crippen molar-refractivity contribution >= 4 is 15.9 Å². The van der Waals surface area contributed by atoms with Crippen molar-refractivity contribution < 1.29 is 31.4 Å². The van der Waals surface area contributed by atoms with E-state index in [0.717, 1.165) is 5.56 Å². The summed E-state index contributed by atoms with van der Waals surface area (Å²) in [5.41, 5.74) is -2.05. The average molecular weight is 465 g/mol. The number of hydrogen-bond acceptors (Lipinski definition) is 2. The molecule has 152 valence electrons. The van der Waals surface area contributed by atoms with Crippen LogP contribution < -0.4 is 0 Å². The van der Waals surface area contributed by atoms with Crippen LogP contribution in [0.3, 0.4) is 0 Å². The Morgan fingerprint density at radius 1 is 1.00 bits per heavy atom. The molecule has 0 bridgehead atoms. The van der Waals surface area contributed by atoms with E-state index in [1.165, 1.54) is 24.3 Å². The van der Waals surface area contributed by atoms with Gasteiger partial charge in [-0.05, 0) is 29.7 Å². The van der Waals surface area contributed by atoms with Crippen LogP contribution >= 0.6 is 15.9 Å². The van der Waals surface area contributed by atoms with Crippen molar-refractivity contribution in [2.24, 2.45) is 5.92 Å². The number of hydrogen-bond donors (Lipinski definition) is 0. The number of ether oxygens (including phenoxy) is 2.